The number of hydrogen-bond acceptors (Lipinski definition) is 6. The van der Waals surface area contributed by atoms with Gasteiger partial charge in [0.2, 0.25) is 0 Å². The van der Waals surface area contributed by atoms with E-state index in [0.717, 1.165) is 0 Å². The number of rotatable bonds is 10. The van der Waals surface area contributed by atoms with Crippen LogP contribution in [0, 0.1) is 0 Å². The Balaban J connectivity index is 1.51. The van der Waals surface area contributed by atoms with Gasteiger partial charge in [0.1, 0.15) is 23.4 Å². The Labute approximate surface area is 201 Å². The highest BCUT2D eigenvalue weighted by molar-refractivity contribution is 5.97. The average Bonchev–Trinajstić information content (AvgIpc) is 2.81. The number of likely N-dealkylation sites (tertiary alicyclic amines) is 1. The van der Waals surface area contributed by atoms with Crippen LogP contribution in [0.2, 0.25) is 0 Å². The number of halogens is 3. The van der Waals surface area contributed by atoms with E-state index in [9.17, 15) is 22.8 Å². The van der Waals surface area contributed by atoms with E-state index in [1.54, 1.807) is 42.2 Å². The van der Waals surface area contributed by atoms with Crippen molar-refractivity contribution < 1.29 is 41.7 Å². The molecule has 190 valence electrons. The van der Waals surface area contributed by atoms with Gasteiger partial charge in [-0.3, -0.25) is 9.59 Å². The summed E-state index contributed by atoms with van der Waals surface area (Å²) >= 11 is 0. The normalized spacial score (nSPS) is 14.3. The molecule has 0 aromatic heterocycles. The third-order valence-electron chi connectivity index (χ3n) is 5.28. The third kappa shape index (κ3) is 8.38. The lowest BCUT2D eigenvalue weighted by atomic mass is 10.1. The Morgan fingerprint density at radius 2 is 1.74 bits per heavy atom. The standard InChI is InChI=1S/C25H28F3NO6/c1-2-32-23(30)11-6-16-33-22-10-4-3-9-21(22)24(31)29-14-12-18(13-15-29)34-19-7-5-8-20(17-19)35-25(26,27)28/h3-5,7-10,17-18H,2,6,11-16H2,1H3. The number of ether oxygens (including phenoxy) is 4. The topological polar surface area (TPSA) is 74.3 Å². The molecule has 0 atom stereocenters. The molecule has 0 aliphatic carbocycles. The summed E-state index contributed by atoms with van der Waals surface area (Å²) in [6, 6.07) is 12.3. The quantitative estimate of drug-likeness (QED) is 0.342. The summed E-state index contributed by atoms with van der Waals surface area (Å²) in [5.41, 5.74) is 0.431. The van der Waals surface area contributed by atoms with Crippen LogP contribution in [-0.2, 0) is 9.53 Å². The van der Waals surface area contributed by atoms with Gasteiger partial charge in [-0.05, 0) is 37.6 Å². The first kappa shape index (κ1) is 26.2. The minimum Gasteiger partial charge on any atom is -0.493 e. The molecule has 2 aromatic carbocycles. The van der Waals surface area contributed by atoms with E-state index in [-0.39, 0.29) is 42.5 Å². The lowest BCUT2D eigenvalue weighted by molar-refractivity contribution is -0.274. The Morgan fingerprint density at radius 3 is 2.46 bits per heavy atom. The van der Waals surface area contributed by atoms with E-state index in [0.29, 0.717) is 50.3 Å². The summed E-state index contributed by atoms with van der Waals surface area (Å²) in [4.78, 5) is 26.2. The third-order valence-corrected chi connectivity index (χ3v) is 5.28. The van der Waals surface area contributed by atoms with E-state index < -0.39 is 6.36 Å². The molecule has 1 aliphatic heterocycles. The molecule has 1 saturated heterocycles. The fraction of sp³-hybridized carbons (Fsp3) is 0.440. The van der Waals surface area contributed by atoms with E-state index in [1.807, 2.05) is 0 Å². The van der Waals surface area contributed by atoms with Crippen molar-refractivity contribution in [1.29, 1.82) is 0 Å². The SMILES string of the molecule is CCOC(=O)CCCOc1ccccc1C(=O)N1CCC(Oc2cccc(OC(F)(F)F)c2)CC1. The lowest BCUT2D eigenvalue weighted by Crippen LogP contribution is -2.41. The Kier molecular flexibility index (Phi) is 9.22. The molecule has 0 radical (unpaired) electrons. The first-order valence-corrected chi connectivity index (χ1v) is 11.4. The van der Waals surface area contributed by atoms with Crippen molar-refractivity contribution in [2.75, 3.05) is 26.3 Å². The van der Waals surface area contributed by atoms with Crippen LogP contribution in [0.15, 0.2) is 48.5 Å². The Morgan fingerprint density at radius 1 is 1.03 bits per heavy atom. The maximum Gasteiger partial charge on any atom is 0.573 e. The van der Waals surface area contributed by atoms with E-state index in [2.05, 4.69) is 4.74 Å². The van der Waals surface area contributed by atoms with Gasteiger partial charge in [0.25, 0.3) is 5.91 Å². The van der Waals surface area contributed by atoms with Crippen LogP contribution in [0.25, 0.3) is 0 Å². The van der Waals surface area contributed by atoms with Crippen molar-refractivity contribution in [3.05, 3.63) is 54.1 Å². The van der Waals surface area contributed by atoms with Crippen molar-refractivity contribution >= 4 is 11.9 Å². The zero-order valence-electron chi connectivity index (χ0n) is 19.4. The van der Waals surface area contributed by atoms with Gasteiger partial charge in [-0.25, -0.2) is 0 Å². The lowest BCUT2D eigenvalue weighted by Gasteiger charge is -2.32. The second-order valence-corrected chi connectivity index (χ2v) is 7.89. The van der Waals surface area contributed by atoms with Crippen LogP contribution >= 0.6 is 0 Å². The number of benzene rings is 2. The average molecular weight is 495 g/mol. The van der Waals surface area contributed by atoms with Crippen LogP contribution < -0.4 is 14.2 Å². The van der Waals surface area contributed by atoms with Crippen LogP contribution in [0.5, 0.6) is 17.2 Å². The fourth-order valence-electron chi connectivity index (χ4n) is 3.69. The van der Waals surface area contributed by atoms with Crippen molar-refractivity contribution in [2.45, 2.75) is 45.1 Å². The summed E-state index contributed by atoms with van der Waals surface area (Å²) in [6.45, 7) is 3.21. The molecule has 35 heavy (non-hydrogen) atoms. The van der Waals surface area contributed by atoms with Crippen molar-refractivity contribution in [1.82, 2.24) is 4.90 Å². The summed E-state index contributed by atoms with van der Waals surface area (Å²) in [6.07, 6.45) is -3.25. The number of hydrogen-bond donors (Lipinski definition) is 0. The van der Waals surface area contributed by atoms with Gasteiger partial charge in [-0.2, -0.15) is 0 Å². The number of para-hydroxylation sites is 1. The molecule has 10 heteroatoms. The maximum atomic E-state index is 13.1. The molecule has 0 bridgehead atoms. The van der Waals surface area contributed by atoms with Crippen molar-refractivity contribution in [2.24, 2.45) is 0 Å². The molecule has 1 heterocycles. The number of carbonyl (C=O) groups is 2. The zero-order chi connectivity index (χ0) is 25.3. The molecule has 1 fully saturated rings. The predicted molar refractivity (Wildman–Crippen MR) is 120 cm³/mol. The van der Waals surface area contributed by atoms with Crippen molar-refractivity contribution in [3.63, 3.8) is 0 Å². The maximum absolute atomic E-state index is 13.1. The van der Waals surface area contributed by atoms with Gasteiger partial charge in [-0.1, -0.05) is 18.2 Å². The Bertz CT molecular complexity index is 989. The first-order chi connectivity index (χ1) is 16.7. The van der Waals surface area contributed by atoms with Gasteiger partial charge >= 0.3 is 12.3 Å². The number of esters is 1. The monoisotopic (exact) mass is 495 g/mol. The second kappa shape index (κ2) is 12.3. The predicted octanol–water partition coefficient (Wildman–Crippen LogP) is 4.99. The minimum atomic E-state index is -4.77. The smallest absolute Gasteiger partial charge is 0.493 e. The highest BCUT2D eigenvalue weighted by Crippen LogP contribution is 2.28. The second-order valence-electron chi connectivity index (χ2n) is 7.89. The number of nitrogens with zero attached hydrogens (tertiary/aromatic N) is 1. The summed E-state index contributed by atoms with van der Waals surface area (Å²) in [5.74, 6) is -0.0871. The molecule has 7 nitrogen and oxygen atoms in total. The van der Waals surface area contributed by atoms with Gasteiger partial charge in [0.15, 0.2) is 0 Å². The molecule has 3 rings (SSSR count). The minimum absolute atomic E-state index is 0.176. The van der Waals surface area contributed by atoms with Gasteiger partial charge in [0.05, 0.1) is 18.8 Å². The molecule has 0 unspecified atom stereocenters. The molecule has 1 aliphatic rings. The van der Waals surface area contributed by atoms with E-state index in [4.69, 9.17) is 14.2 Å². The van der Waals surface area contributed by atoms with Gasteiger partial charge in [-0.15, -0.1) is 13.2 Å². The van der Waals surface area contributed by atoms with Crippen LogP contribution in [0.4, 0.5) is 13.2 Å². The van der Waals surface area contributed by atoms with Crippen LogP contribution in [0.1, 0.15) is 43.0 Å². The Hall–Kier alpha value is -3.43. The highest BCUT2D eigenvalue weighted by atomic mass is 19.4. The molecule has 1 amide bonds. The molecular weight excluding hydrogens is 467 g/mol. The first-order valence-electron chi connectivity index (χ1n) is 11.4. The molecule has 0 N–H and O–H groups in total. The summed E-state index contributed by atoms with van der Waals surface area (Å²) in [7, 11) is 0. The number of amides is 1. The largest absolute Gasteiger partial charge is 0.573 e. The molecule has 0 spiro atoms. The molecule has 0 saturated carbocycles. The highest BCUT2D eigenvalue weighted by Gasteiger charge is 2.31. The van der Waals surface area contributed by atoms with E-state index >= 15 is 0 Å². The van der Waals surface area contributed by atoms with Crippen LogP contribution in [-0.4, -0.2) is 55.5 Å². The number of carbonyl (C=O) groups excluding carboxylic acids is 2. The van der Waals surface area contributed by atoms with Gasteiger partial charge in [0, 0.05) is 38.4 Å². The van der Waals surface area contributed by atoms with Crippen LogP contribution in [0.3, 0.4) is 0 Å². The fourth-order valence-corrected chi connectivity index (χ4v) is 3.69. The summed E-state index contributed by atoms with van der Waals surface area (Å²) in [5, 5.41) is 0. The van der Waals surface area contributed by atoms with Crippen molar-refractivity contribution in [3.8, 4) is 17.2 Å². The number of piperidine rings is 1. The zero-order valence-corrected chi connectivity index (χ0v) is 19.4. The number of alkyl halides is 3. The summed E-state index contributed by atoms with van der Waals surface area (Å²) < 4.78 is 57.7. The van der Waals surface area contributed by atoms with E-state index in [1.165, 1.54) is 18.2 Å². The molecular formula is C25H28F3NO6. The van der Waals surface area contributed by atoms with Gasteiger partial charge < -0.3 is 23.8 Å². The molecule has 2 aromatic rings.